The third-order valence-corrected chi connectivity index (χ3v) is 3.27. The summed E-state index contributed by atoms with van der Waals surface area (Å²) in [7, 11) is 0. The number of carboxylic acid groups (broad SMARTS) is 1. The SMILES string of the molecule is Cc1noc(C)c1CC(C)NC(=O)c1cccc(C(=O)O)n1. The summed E-state index contributed by atoms with van der Waals surface area (Å²) in [6, 6.07) is 4.14. The highest BCUT2D eigenvalue weighted by molar-refractivity contribution is 5.94. The summed E-state index contributed by atoms with van der Waals surface area (Å²) in [5.41, 5.74) is 1.67. The molecule has 2 heterocycles. The third kappa shape index (κ3) is 3.49. The molecule has 0 fully saturated rings. The summed E-state index contributed by atoms with van der Waals surface area (Å²) in [6.45, 7) is 5.52. The molecule has 0 spiro atoms. The molecule has 0 aliphatic rings. The summed E-state index contributed by atoms with van der Waals surface area (Å²) in [5, 5.41) is 15.6. The molecule has 22 heavy (non-hydrogen) atoms. The fourth-order valence-electron chi connectivity index (χ4n) is 2.13. The van der Waals surface area contributed by atoms with Gasteiger partial charge in [-0.3, -0.25) is 4.79 Å². The van der Waals surface area contributed by atoms with Crippen molar-refractivity contribution in [3.8, 4) is 0 Å². The summed E-state index contributed by atoms with van der Waals surface area (Å²) in [4.78, 5) is 26.8. The summed E-state index contributed by atoms with van der Waals surface area (Å²) in [5.74, 6) is -0.856. The number of hydrogen-bond donors (Lipinski definition) is 2. The van der Waals surface area contributed by atoms with Gasteiger partial charge in [0.1, 0.15) is 17.1 Å². The molecule has 0 saturated heterocycles. The van der Waals surface area contributed by atoms with E-state index in [2.05, 4.69) is 15.5 Å². The van der Waals surface area contributed by atoms with E-state index in [0.717, 1.165) is 17.0 Å². The molecule has 0 radical (unpaired) electrons. The lowest BCUT2D eigenvalue weighted by Gasteiger charge is -2.13. The fourth-order valence-corrected chi connectivity index (χ4v) is 2.13. The highest BCUT2D eigenvalue weighted by Gasteiger charge is 2.17. The Kier molecular flexibility index (Phi) is 4.55. The number of aromatic nitrogens is 2. The van der Waals surface area contributed by atoms with Gasteiger partial charge in [0, 0.05) is 11.6 Å². The van der Waals surface area contributed by atoms with Gasteiger partial charge in [-0.25, -0.2) is 9.78 Å². The van der Waals surface area contributed by atoms with Gasteiger partial charge < -0.3 is 14.9 Å². The Morgan fingerprint density at radius 3 is 2.59 bits per heavy atom. The molecule has 1 unspecified atom stereocenters. The summed E-state index contributed by atoms with van der Waals surface area (Å²) >= 11 is 0. The van der Waals surface area contributed by atoms with E-state index >= 15 is 0 Å². The number of hydrogen-bond acceptors (Lipinski definition) is 5. The lowest BCUT2D eigenvalue weighted by atomic mass is 10.1. The molecule has 1 atom stereocenters. The number of carbonyl (C=O) groups is 2. The standard InChI is InChI=1S/C15H17N3O4/c1-8(7-11-9(2)18-22-10(11)3)16-14(19)12-5-4-6-13(17-12)15(20)21/h4-6,8H,7H2,1-3H3,(H,16,19)(H,20,21). The van der Waals surface area contributed by atoms with Gasteiger partial charge in [-0.1, -0.05) is 11.2 Å². The first kappa shape index (κ1) is 15.7. The number of aromatic carboxylic acids is 1. The zero-order valence-electron chi connectivity index (χ0n) is 12.6. The van der Waals surface area contributed by atoms with Gasteiger partial charge in [0.15, 0.2) is 0 Å². The van der Waals surface area contributed by atoms with Crippen LogP contribution >= 0.6 is 0 Å². The molecule has 0 saturated carbocycles. The lowest BCUT2D eigenvalue weighted by Crippen LogP contribution is -2.35. The highest BCUT2D eigenvalue weighted by atomic mass is 16.5. The van der Waals surface area contributed by atoms with Gasteiger partial charge >= 0.3 is 5.97 Å². The molecule has 0 aromatic carbocycles. The minimum atomic E-state index is -1.17. The number of nitrogens with one attached hydrogen (secondary N) is 1. The van der Waals surface area contributed by atoms with Crippen LogP contribution in [0.1, 0.15) is 44.9 Å². The number of carboxylic acids is 1. The number of amides is 1. The van der Waals surface area contributed by atoms with Crippen molar-refractivity contribution in [1.82, 2.24) is 15.5 Å². The average molecular weight is 303 g/mol. The maximum Gasteiger partial charge on any atom is 0.354 e. The van der Waals surface area contributed by atoms with Crippen molar-refractivity contribution in [3.05, 3.63) is 46.6 Å². The lowest BCUT2D eigenvalue weighted by molar-refractivity contribution is 0.0690. The normalized spacial score (nSPS) is 12.0. The van der Waals surface area contributed by atoms with E-state index in [-0.39, 0.29) is 17.4 Å². The monoisotopic (exact) mass is 303 g/mol. The predicted molar refractivity (Wildman–Crippen MR) is 77.8 cm³/mol. The zero-order chi connectivity index (χ0) is 16.3. The minimum absolute atomic E-state index is 0.0745. The fraction of sp³-hybridized carbons (Fsp3) is 0.333. The van der Waals surface area contributed by atoms with Gasteiger partial charge in [0.25, 0.3) is 5.91 Å². The largest absolute Gasteiger partial charge is 0.477 e. The molecule has 0 aliphatic heterocycles. The molecule has 2 N–H and O–H groups in total. The van der Waals surface area contributed by atoms with Crippen molar-refractivity contribution in [3.63, 3.8) is 0 Å². The molecule has 2 rings (SSSR count). The van der Waals surface area contributed by atoms with Gasteiger partial charge in [-0.05, 0) is 39.3 Å². The van der Waals surface area contributed by atoms with E-state index in [0.29, 0.717) is 6.42 Å². The second-order valence-electron chi connectivity index (χ2n) is 5.09. The second-order valence-corrected chi connectivity index (χ2v) is 5.09. The van der Waals surface area contributed by atoms with Crippen LogP contribution in [-0.4, -0.2) is 33.2 Å². The number of nitrogens with zero attached hydrogens (tertiary/aromatic N) is 2. The predicted octanol–water partition coefficient (Wildman–Crippen LogP) is 1.75. The topological polar surface area (TPSA) is 105 Å². The van der Waals surface area contributed by atoms with E-state index < -0.39 is 11.9 Å². The molecular weight excluding hydrogens is 286 g/mol. The summed E-state index contributed by atoms with van der Waals surface area (Å²) < 4.78 is 5.09. The first-order valence-corrected chi connectivity index (χ1v) is 6.81. The van der Waals surface area contributed by atoms with Crippen LogP contribution in [0, 0.1) is 13.8 Å². The van der Waals surface area contributed by atoms with Crippen LogP contribution in [0.15, 0.2) is 22.7 Å². The Balaban J connectivity index is 2.05. The van der Waals surface area contributed by atoms with E-state index in [1.54, 1.807) is 0 Å². The van der Waals surface area contributed by atoms with Crippen molar-refractivity contribution in [2.24, 2.45) is 0 Å². The smallest absolute Gasteiger partial charge is 0.354 e. The molecule has 0 bridgehead atoms. The average Bonchev–Trinajstić information content (AvgIpc) is 2.79. The quantitative estimate of drug-likeness (QED) is 0.871. The van der Waals surface area contributed by atoms with Crippen molar-refractivity contribution in [1.29, 1.82) is 0 Å². The molecule has 7 heteroatoms. The maximum absolute atomic E-state index is 12.1. The molecule has 2 aromatic rings. The Morgan fingerprint density at radius 1 is 1.32 bits per heavy atom. The van der Waals surface area contributed by atoms with Gasteiger partial charge in [-0.15, -0.1) is 0 Å². The van der Waals surface area contributed by atoms with Crippen LogP contribution in [0.4, 0.5) is 0 Å². The molecular formula is C15H17N3O4. The number of aryl methyl sites for hydroxylation is 2. The van der Waals surface area contributed by atoms with E-state index in [4.69, 9.17) is 9.63 Å². The zero-order valence-corrected chi connectivity index (χ0v) is 12.6. The van der Waals surface area contributed by atoms with Crippen molar-refractivity contribution in [2.45, 2.75) is 33.2 Å². The van der Waals surface area contributed by atoms with Gasteiger partial charge in [0.2, 0.25) is 0 Å². The van der Waals surface area contributed by atoms with Crippen LogP contribution in [0.2, 0.25) is 0 Å². The van der Waals surface area contributed by atoms with Crippen LogP contribution < -0.4 is 5.32 Å². The number of carbonyl (C=O) groups excluding carboxylic acids is 1. The Morgan fingerprint density at radius 2 is 2.00 bits per heavy atom. The Bertz CT molecular complexity index is 689. The van der Waals surface area contributed by atoms with Crippen molar-refractivity contribution in [2.75, 3.05) is 0 Å². The maximum atomic E-state index is 12.1. The molecule has 116 valence electrons. The van der Waals surface area contributed by atoms with Crippen LogP contribution in [-0.2, 0) is 6.42 Å². The first-order valence-electron chi connectivity index (χ1n) is 6.81. The second kappa shape index (κ2) is 6.38. The number of rotatable bonds is 5. The highest BCUT2D eigenvalue weighted by Crippen LogP contribution is 2.14. The summed E-state index contributed by atoms with van der Waals surface area (Å²) in [6.07, 6.45) is 0.575. The van der Waals surface area contributed by atoms with Crippen molar-refractivity contribution < 1.29 is 19.2 Å². The Hall–Kier alpha value is -2.70. The molecule has 2 aromatic heterocycles. The van der Waals surface area contributed by atoms with Crippen molar-refractivity contribution >= 4 is 11.9 Å². The molecule has 7 nitrogen and oxygen atoms in total. The third-order valence-electron chi connectivity index (χ3n) is 3.27. The molecule has 1 amide bonds. The van der Waals surface area contributed by atoms with Crippen LogP contribution in [0.5, 0.6) is 0 Å². The van der Waals surface area contributed by atoms with E-state index in [9.17, 15) is 9.59 Å². The van der Waals surface area contributed by atoms with Gasteiger partial charge in [-0.2, -0.15) is 0 Å². The Labute approximate surface area is 127 Å². The van der Waals surface area contributed by atoms with E-state index in [1.807, 2.05) is 20.8 Å². The van der Waals surface area contributed by atoms with Gasteiger partial charge in [0.05, 0.1) is 5.69 Å². The number of pyridine rings is 1. The minimum Gasteiger partial charge on any atom is -0.477 e. The van der Waals surface area contributed by atoms with Crippen LogP contribution in [0.25, 0.3) is 0 Å². The van der Waals surface area contributed by atoms with E-state index in [1.165, 1.54) is 18.2 Å². The first-order chi connectivity index (χ1) is 10.4. The molecule has 0 aliphatic carbocycles. The van der Waals surface area contributed by atoms with Crippen LogP contribution in [0.3, 0.4) is 0 Å².